The summed E-state index contributed by atoms with van der Waals surface area (Å²) in [6.45, 7) is 3.06. The van der Waals surface area contributed by atoms with Gasteiger partial charge in [0.2, 0.25) is 5.91 Å². The molecule has 0 radical (unpaired) electrons. The van der Waals surface area contributed by atoms with E-state index in [9.17, 15) is 9.18 Å². The molecule has 3 N–H and O–H groups in total. The number of hydrogen-bond acceptors (Lipinski definition) is 3. The molecule has 1 amide bonds. The van der Waals surface area contributed by atoms with E-state index in [1.54, 1.807) is 12.1 Å². The summed E-state index contributed by atoms with van der Waals surface area (Å²) in [6.07, 6.45) is 0.277. The number of rotatable bonds is 7. The van der Waals surface area contributed by atoms with Gasteiger partial charge in [-0.05, 0) is 24.6 Å². The summed E-state index contributed by atoms with van der Waals surface area (Å²) in [7, 11) is 0. The van der Waals surface area contributed by atoms with Gasteiger partial charge in [-0.2, -0.15) is 0 Å². The van der Waals surface area contributed by atoms with Crippen LogP contribution in [0.4, 0.5) is 4.39 Å². The molecule has 1 aromatic carbocycles. The normalized spacial score (nSPS) is 12.2. The second-order valence-corrected chi connectivity index (χ2v) is 4.00. The minimum atomic E-state index is -0.306. The third kappa shape index (κ3) is 5.25. The van der Waals surface area contributed by atoms with Gasteiger partial charge in [-0.15, -0.1) is 0 Å². The van der Waals surface area contributed by atoms with E-state index in [1.165, 1.54) is 12.1 Å². The molecule has 0 aliphatic heterocycles. The number of amides is 1. The molecule has 0 aliphatic carbocycles. The third-order valence-electron chi connectivity index (χ3n) is 2.46. The van der Waals surface area contributed by atoms with Crippen molar-refractivity contribution in [3.8, 4) is 0 Å². The van der Waals surface area contributed by atoms with Crippen molar-refractivity contribution in [3.05, 3.63) is 35.6 Å². The lowest BCUT2D eigenvalue weighted by Gasteiger charge is -2.14. The Kier molecular flexibility index (Phi) is 6.32. The molecule has 4 nitrogen and oxygen atoms in total. The Bertz CT molecular complexity index is 385. The van der Waals surface area contributed by atoms with Gasteiger partial charge in [0.25, 0.3) is 0 Å². The molecule has 0 saturated heterocycles. The maximum absolute atomic E-state index is 13.0. The van der Waals surface area contributed by atoms with Crippen molar-refractivity contribution in [1.29, 1.82) is 0 Å². The van der Waals surface area contributed by atoms with Crippen molar-refractivity contribution < 1.29 is 13.9 Å². The van der Waals surface area contributed by atoms with Crippen molar-refractivity contribution in [2.45, 2.75) is 19.4 Å². The average molecular weight is 254 g/mol. The van der Waals surface area contributed by atoms with Gasteiger partial charge in [0.15, 0.2) is 0 Å². The molecule has 0 saturated carbocycles. The maximum atomic E-state index is 13.0. The van der Waals surface area contributed by atoms with Crippen LogP contribution in [0.5, 0.6) is 0 Å². The Morgan fingerprint density at radius 1 is 1.50 bits per heavy atom. The molecule has 0 fully saturated rings. The fourth-order valence-corrected chi connectivity index (χ4v) is 1.52. The summed E-state index contributed by atoms with van der Waals surface area (Å²) < 4.78 is 18.1. The fourth-order valence-electron chi connectivity index (χ4n) is 1.52. The van der Waals surface area contributed by atoms with E-state index >= 15 is 0 Å². The highest BCUT2D eigenvalue weighted by molar-refractivity contribution is 5.76. The van der Waals surface area contributed by atoms with Crippen LogP contribution < -0.4 is 11.1 Å². The Morgan fingerprint density at radius 3 is 2.94 bits per heavy atom. The molecular weight excluding hydrogens is 235 g/mol. The Hall–Kier alpha value is -1.46. The van der Waals surface area contributed by atoms with Gasteiger partial charge in [-0.1, -0.05) is 12.1 Å². The molecule has 0 bridgehead atoms. The quantitative estimate of drug-likeness (QED) is 0.722. The summed E-state index contributed by atoms with van der Waals surface area (Å²) >= 11 is 0. The van der Waals surface area contributed by atoms with Gasteiger partial charge in [0.05, 0.1) is 19.3 Å². The van der Waals surface area contributed by atoms with E-state index in [-0.39, 0.29) is 24.2 Å². The predicted molar refractivity (Wildman–Crippen MR) is 67.4 cm³/mol. The highest BCUT2D eigenvalue weighted by atomic mass is 19.1. The number of halogens is 1. The lowest BCUT2D eigenvalue weighted by atomic mass is 10.1. The highest BCUT2D eigenvalue weighted by Gasteiger charge is 2.09. The van der Waals surface area contributed by atoms with Crippen molar-refractivity contribution in [2.75, 3.05) is 19.8 Å². The van der Waals surface area contributed by atoms with Crippen molar-refractivity contribution in [3.63, 3.8) is 0 Å². The largest absolute Gasteiger partial charge is 0.380 e. The number of ether oxygens (including phenoxy) is 1. The van der Waals surface area contributed by atoms with E-state index in [0.717, 1.165) is 5.56 Å². The van der Waals surface area contributed by atoms with Gasteiger partial charge in [-0.25, -0.2) is 4.39 Å². The molecule has 0 aliphatic rings. The molecular formula is C13H19FN2O2. The van der Waals surface area contributed by atoms with E-state index in [2.05, 4.69) is 5.32 Å². The van der Waals surface area contributed by atoms with E-state index < -0.39 is 0 Å². The summed E-state index contributed by atoms with van der Waals surface area (Å²) in [5.41, 5.74) is 6.00. The Labute approximate surface area is 106 Å². The van der Waals surface area contributed by atoms with Crippen molar-refractivity contribution >= 4 is 5.91 Å². The molecule has 100 valence electrons. The van der Waals surface area contributed by atoms with Gasteiger partial charge in [-0.3, -0.25) is 4.79 Å². The van der Waals surface area contributed by atoms with Crippen LogP contribution in [0.2, 0.25) is 0 Å². The van der Waals surface area contributed by atoms with Crippen LogP contribution >= 0.6 is 0 Å². The van der Waals surface area contributed by atoms with Crippen LogP contribution in [0.25, 0.3) is 0 Å². The van der Waals surface area contributed by atoms with E-state index in [4.69, 9.17) is 10.5 Å². The minimum Gasteiger partial charge on any atom is -0.380 e. The number of carbonyl (C=O) groups is 1. The first-order valence-electron chi connectivity index (χ1n) is 5.96. The summed E-state index contributed by atoms with van der Waals surface area (Å²) in [5, 5.41) is 2.78. The van der Waals surface area contributed by atoms with Crippen LogP contribution in [0, 0.1) is 5.82 Å². The van der Waals surface area contributed by atoms with Gasteiger partial charge < -0.3 is 15.8 Å². The van der Waals surface area contributed by atoms with Crippen molar-refractivity contribution in [1.82, 2.24) is 5.32 Å². The molecule has 0 unspecified atom stereocenters. The van der Waals surface area contributed by atoms with Crippen molar-refractivity contribution in [2.24, 2.45) is 5.73 Å². The monoisotopic (exact) mass is 254 g/mol. The van der Waals surface area contributed by atoms with Gasteiger partial charge in [0.1, 0.15) is 5.82 Å². The first-order chi connectivity index (χ1) is 8.63. The predicted octanol–water partition coefficient (Wildman–Crippen LogP) is 1.37. The lowest BCUT2D eigenvalue weighted by Crippen LogP contribution is -2.27. The molecule has 1 aromatic rings. The second-order valence-electron chi connectivity index (χ2n) is 4.00. The first kappa shape index (κ1) is 14.6. The van der Waals surface area contributed by atoms with Gasteiger partial charge in [0, 0.05) is 13.0 Å². The highest BCUT2D eigenvalue weighted by Crippen LogP contribution is 2.13. The van der Waals surface area contributed by atoms with Gasteiger partial charge >= 0.3 is 0 Å². The average Bonchev–Trinajstić information content (AvgIpc) is 2.34. The van der Waals surface area contributed by atoms with E-state index in [1.807, 2.05) is 6.92 Å². The second kappa shape index (κ2) is 7.79. The first-order valence-corrected chi connectivity index (χ1v) is 5.96. The SMILES string of the molecule is C[C@H](NC(=O)CCOCCN)c1cccc(F)c1. The number of nitrogens with one attached hydrogen (secondary N) is 1. The van der Waals surface area contributed by atoms with Crippen LogP contribution in [0.1, 0.15) is 24.9 Å². The van der Waals surface area contributed by atoms with Crippen LogP contribution in [-0.4, -0.2) is 25.7 Å². The number of nitrogens with two attached hydrogens (primary N) is 1. The number of carbonyl (C=O) groups excluding carboxylic acids is 1. The molecule has 5 heteroatoms. The Balaban J connectivity index is 2.35. The molecule has 0 spiro atoms. The minimum absolute atomic E-state index is 0.121. The smallest absolute Gasteiger partial charge is 0.222 e. The third-order valence-corrected chi connectivity index (χ3v) is 2.46. The summed E-state index contributed by atoms with van der Waals surface area (Å²) in [6, 6.07) is 5.97. The summed E-state index contributed by atoms with van der Waals surface area (Å²) in [4.78, 5) is 11.6. The van der Waals surface area contributed by atoms with Crippen LogP contribution in [0.15, 0.2) is 24.3 Å². The zero-order chi connectivity index (χ0) is 13.4. The lowest BCUT2D eigenvalue weighted by molar-refractivity contribution is -0.122. The molecule has 1 rings (SSSR count). The molecule has 1 atom stereocenters. The topological polar surface area (TPSA) is 64.3 Å². The zero-order valence-corrected chi connectivity index (χ0v) is 10.5. The standard InChI is InChI=1S/C13H19FN2O2/c1-10(11-3-2-4-12(14)9-11)16-13(17)5-7-18-8-6-15/h2-4,9-10H,5-8,15H2,1H3,(H,16,17)/t10-/m0/s1. The molecule has 0 aromatic heterocycles. The van der Waals surface area contributed by atoms with Crippen LogP contribution in [0.3, 0.4) is 0 Å². The number of hydrogen-bond donors (Lipinski definition) is 2. The summed E-state index contributed by atoms with van der Waals surface area (Å²) in [5.74, 6) is -0.427. The zero-order valence-electron chi connectivity index (χ0n) is 10.5. The maximum Gasteiger partial charge on any atom is 0.222 e. The molecule has 18 heavy (non-hydrogen) atoms. The van der Waals surface area contributed by atoms with E-state index in [0.29, 0.717) is 19.8 Å². The molecule has 0 heterocycles. The Morgan fingerprint density at radius 2 is 2.28 bits per heavy atom. The van der Waals surface area contributed by atoms with Crippen LogP contribution in [-0.2, 0) is 9.53 Å². The fraction of sp³-hybridized carbons (Fsp3) is 0.462. The number of benzene rings is 1.